The van der Waals surface area contributed by atoms with Crippen molar-refractivity contribution in [3.05, 3.63) is 71.8 Å². The molecule has 0 aromatic heterocycles. The van der Waals surface area contributed by atoms with Gasteiger partial charge in [-0.15, -0.1) is 0 Å². The van der Waals surface area contributed by atoms with E-state index in [0.29, 0.717) is 13.2 Å². The van der Waals surface area contributed by atoms with E-state index in [0.717, 1.165) is 75.3 Å². The van der Waals surface area contributed by atoms with Gasteiger partial charge in [0.2, 0.25) is 0 Å². The first-order chi connectivity index (χ1) is 28.4. The van der Waals surface area contributed by atoms with Crippen molar-refractivity contribution in [1.82, 2.24) is 0 Å². The number of benzene rings is 2. The topological polar surface area (TPSA) is 139 Å². The van der Waals surface area contributed by atoms with Gasteiger partial charge < -0.3 is 39.5 Å². The summed E-state index contributed by atoms with van der Waals surface area (Å²) in [4.78, 5) is 20.6. The minimum absolute atomic E-state index is 0. The summed E-state index contributed by atoms with van der Waals surface area (Å²) in [7, 11) is 0. The maximum atomic E-state index is 10.3. The molecule has 8 nitrogen and oxygen atoms in total. The van der Waals surface area contributed by atoms with E-state index >= 15 is 0 Å². The number of carbonyl (C=O) groups is 2. The Hall–Kier alpha value is -1.21. The molecule has 332 valence electrons. The van der Waals surface area contributed by atoms with Crippen LogP contribution in [0.5, 0.6) is 0 Å². The predicted molar refractivity (Wildman–Crippen MR) is 238 cm³/mol. The van der Waals surface area contributed by atoms with Crippen molar-refractivity contribution >= 4 is 60.8 Å². The molecule has 0 amide bonds. The van der Waals surface area contributed by atoms with Crippen molar-refractivity contribution < 1.29 is 39.5 Å². The number of carboxylic acid groups (broad SMARTS) is 2. The van der Waals surface area contributed by atoms with Crippen LogP contribution in [0.2, 0.25) is 0 Å². The molecule has 2 aromatic carbocycles. The third-order valence-corrected chi connectivity index (χ3v) is 10.9. The Morgan fingerprint density at radius 1 is 0.407 bits per heavy atom. The van der Waals surface area contributed by atoms with E-state index in [4.69, 9.17) is 9.47 Å². The number of rotatable bonds is 40. The van der Waals surface area contributed by atoms with E-state index in [1.165, 1.54) is 116 Å². The zero-order valence-electron chi connectivity index (χ0n) is 37.0. The Morgan fingerprint density at radius 2 is 0.644 bits per heavy atom. The maximum Gasteiger partial charge on any atom is 2.00 e. The Balaban J connectivity index is 0.00000112. The SMILES string of the molecule is O=C([O-])CCCCCCCCCCCCCCCC(CO)OCc1ccccc1.O=C([O-])CCCCCCCCCCCCCCCC(CO)OCc1ccccc1.[Ba+2]. The number of unbranched alkanes of at least 4 members (excludes halogenated alkanes) is 24. The van der Waals surface area contributed by atoms with E-state index in [9.17, 15) is 30.0 Å². The van der Waals surface area contributed by atoms with Crippen LogP contribution in [-0.2, 0) is 32.3 Å². The number of aliphatic carboxylic acids is 2. The number of carbonyl (C=O) groups excluding carboxylic acids is 2. The van der Waals surface area contributed by atoms with E-state index < -0.39 is 11.9 Å². The van der Waals surface area contributed by atoms with Crippen LogP contribution in [0.1, 0.15) is 204 Å². The molecule has 0 spiro atoms. The molecule has 0 heterocycles. The predicted octanol–water partition coefficient (Wildman–Crippen LogP) is 9.95. The fourth-order valence-electron chi connectivity index (χ4n) is 7.20. The minimum atomic E-state index is -0.922. The quantitative estimate of drug-likeness (QED) is 0.0498. The number of aliphatic hydroxyl groups excluding tert-OH is 2. The van der Waals surface area contributed by atoms with Gasteiger partial charge in [-0.2, -0.15) is 0 Å². The monoisotopic (exact) mass is 949 g/mol. The molecular formula is C50H82BaO8. The molecule has 0 aliphatic rings. The van der Waals surface area contributed by atoms with Crippen molar-refractivity contribution in [2.24, 2.45) is 0 Å². The third kappa shape index (κ3) is 40.6. The molecule has 0 bridgehead atoms. The number of hydrogen-bond donors (Lipinski definition) is 2. The molecule has 2 aromatic rings. The molecule has 2 N–H and O–H groups in total. The number of hydrogen-bond acceptors (Lipinski definition) is 8. The summed E-state index contributed by atoms with van der Waals surface area (Å²) < 4.78 is 11.6. The van der Waals surface area contributed by atoms with Gasteiger partial charge in [0.15, 0.2) is 0 Å². The minimum Gasteiger partial charge on any atom is -0.550 e. The van der Waals surface area contributed by atoms with Crippen molar-refractivity contribution in [3.63, 3.8) is 0 Å². The fraction of sp³-hybridized carbons (Fsp3) is 0.720. The normalized spacial score (nSPS) is 12.0. The van der Waals surface area contributed by atoms with E-state index in [1.807, 2.05) is 36.4 Å². The summed E-state index contributed by atoms with van der Waals surface area (Å²) in [6, 6.07) is 20.2. The standard InChI is InChI=1S/2C25H42O4.Ba/c2*26-21-24(29-22-23-17-13-12-14-18-23)19-15-10-8-6-4-2-1-3-5-7-9-11-16-20-25(27)28;/h2*12-14,17-18,24,26H,1-11,15-16,19-22H2,(H,27,28);/q;;+2/p-2. The molecule has 59 heavy (non-hydrogen) atoms. The molecule has 2 rings (SSSR count). The van der Waals surface area contributed by atoms with Crippen LogP contribution in [0, 0.1) is 0 Å². The third-order valence-electron chi connectivity index (χ3n) is 10.9. The molecule has 0 fully saturated rings. The average Bonchev–Trinajstić information content (AvgIpc) is 3.23. The van der Waals surface area contributed by atoms with Gasteiger partial charge in [0.1, 0.15) is 0 Å². The van der Waals surface area contributed by atoms with Gasteiger partial charge in [0.25, 0.3) is 0 Å². The fourth-order valence-corrected chi connectivity index (χ4v) is 7.20. The van der Waals surface area contributed by atoms with Gasteiger partial charge in [0.05, 0.1) is 38.6 Å². The number of carboxylic acids is 2. The van der Waals surface area contributed by atoms with Gasteiger partial charge in [-0.05, 0) is 49.7 Å². The van der Waals surface area contributed by atoms with Gasteiger partial charge in [-0.3, -0.25) is 0 Å². The van der Waals surface area contributed by atoms with Crippen LogP contribution in [0.3, 0.4) is 0 Å². The average molecular weight is 949 g/mol. The molecule has 0 aliphatic heterocycles. The largest absolute Gasteiger partial charge is 2.00 e. The van der Waals surface area contributed by atoms with Crippen molar-refractivity contribution in [3.8, 4) is 0 Å². The van der Waals surface area contributed by atoms with Crippen LogP contribution in [0.4, 0.5) is 0 Å². The summed E-state index contributed by atoms with van der Waals surface area (Å²) in [6.07, 6.45) is 33.4. The molecule has 0 aliphatic carbocycles. The van der Waals surface area contributed by atoms with Crippen LogP contribution in [-0.4, -0.2) is 96.5 Å². The first-order valence-electron chi connectivity index (χ1n) is 23.4. The second-order valence-electron chi connectivity index (χ2n) is 16.2. The van der Waals surface area contributed by atoms with Gasteiger partial charge in [0, 0.05) is 11.9 Å². The molecule has 0 saturated carbocycles. The summed E-state index contributed by atoms with van der Waals surface area (Å²) in [6.45, 7) is 1.35. The zero-order chi connectivity index (χ0) is 42.0. The van der Waals surface area contributed by atoms with E-state index in [-0.39, 0.29) is 87.1 Å². The molecule has 2 atom stereocenters. The first-order valence-corrected chi connectivity index (χ1v) is 23.4. The molecular weight excluding hydrogens is 866 g/mol. The van der Waals surface area contributed by atoms with Gasteiger partial charge >= 0.3 is 48.9 Å². The Kier molecular flexibility index (Phi) is 43.9. The van der Waals surface area contributed by atoms with Gasteiger partial charge in [-0.25, -0.2) is 0 Å². The zero-order valence-corrected chi connectivity index (χ0v) is 41.5. The molecule has 0 saturated heterocycles. The van der Waals surface area contributed by atoms with Crippen molar-refractivity contribution in [1.29, 1.82) is 0 Å². The summed E-state index contributed by atoms with van der Waals surface area (Å²) in [5.74, 6) is -1.84. The molecule has 0 radical (unpaired) electrons. The Morgan fingerprint density at radius 3 is 0.881 bits per heavy atom. The first kappa shape index (κ1) is 57.8. The van der Waals surface area contributed by atoms with Crippen LogP contribution in [0.15, 0.2) is 60.7 Å². The van der Waals surface area contributed by atoms with Crippen molar-refractivity contribution in [2.75, 3.05) is 13.2 Å². The number of aliphatic hydroxyl groups is 2. The van der Waals surface area contributed by atoms with Crippen molar-refractivity contribution in [2.45, 2.75) is 218 Å². The second kappa shape index (κ2) is 44.8. The van der Waals surface area contributed by atoms with E-state index in [2.05, 4.69) is 24.3 Å². The van der Waals surface area contributed by atoms with E-state index in [1.54, 1.807) is 0 Å². The Bertz CT molecular complexity index is 1080. The van der Waals surface area contributed by atoms with Gasteiger partial charge in [-0.1, -0.05) is 215 Å². The number of ether oxygens (including phenoxy) is 2. The maximum absolute atomic E-state index is 10.3. The molecule has 2 unspecified atom stereocenters. The summed E-state index contributed by atoms with van der Waals surface area (Å²) >= 11 is 0. The smallest absolute Gasteiger partial charge is 0.550 e. The van der Waals surface area contributed by atoms with Crippen LogP contribution in [0.25, 0.3) is 0 Å². The molecule has 9 heteroatoms. The Labute approximate surface area is 400 Å². The second-order valence-corrected chi connectivity index (χ2v) is 16.2. The van der Waals surface area contributed by atoms with Crippen LogP contribution < -0.4 is 10.2 Å². The summed E-state index contributed by atoms with van der Waals surface area (Å²) in [5, 5.41) is 39.6. The van der Waals surface area contributed by atoms with Crippen LogP contribution >= 0.6 is 0 Å². The summed E-state index contributed by atoms with van der Waals surface area (Å²) in [5.41, 5.74) is 2.31.